The van der Waals surface area contributed by atoms with E-state index in [-0.39, 0.29) is 0 Å². The zero-order valence-corrected chi connectivity index (χ0v) is 35.3. The molecular formula is C59H36N4S. The summed E-state index contributed by atoms with van der Waals surface area (Å²) >= 11 is 1.84. The fraction of sp³-hybridized carbons (Fsp3) is 0. The molecule has 0 N–H and O–H groups in total. The molecule has 298 valence electrons. The number of fused-ring (bicyclic) bond motifs is 9. The lowest BCUT2D eigenvalue weighted by atomic mass is 9.96. The van der Waals surface area contributed by atoms with Crippen LogP contribution < -0.4 is 0 Å². The molecule has 0 amide bonds. The molecule has 3 heterocycles. The summed E-state index contributed by atoms with van der Waals surface area (Å²) in [5, 5.41) is 9.57. The van der Waals surface area contributed by atoms with Gasteiger partial charge >= 0.3 is 0 Å². The number of hydrogen-bond acceptors (Lipinski definition) is 4. The summed E-state index contributed by atoms with van der Waals surface area (Å²) in [6.07, 6.45) is 0. The summed E-state index contributed by atoms with van der Waals surface area (Å²) in [7, 11) is 0. The van der Waals surface area contributed by atoms with Crippen LogP contribution in [0.3, 0.4) is 0 Å². The molecule has 0 radical (unpaired) electrons. The maximum atomic E-state index is 5.47. The lowest BCUT2D eigenvalue weighted by molar-refractivity contribution is 1.07. The molecule has 0 aliphatic heterocycles. The zero-order valence-electron chi connectivity index (χ0n) is 34.5. The van der Waals surface area contributed by atoms with Crippen LogP contribution in [-0.2, 0) is 0 Å². The lowest BCUT2D eigenvalue weighted by Crippen LogP contribution is -2.04. The summed E-state index contributed by atoms with van der Waals surface area (Å²) in [6.45, 7) is 0. The van der Waals surface area contributed by atoms with Crippen molar-refractivity contribution in [3.8, 4) is 62.1 Å². The van der Waals surface area contributed by atoms with Crippen LogP contribution >= 0.6 is 11.3 Å². The average molecular weight is 833 g/mol. The van der Waals surface area contributed by atoms with Gasteiger partial charge in [-0.05, 0) is 92.3 Å². The first-order chi connectivity index (χ1) is 31.7. The van der Waals surface area contributed by atoms with E-state index in [2.05, 4.69) is 223 Å². The van der Waals surface area contributed by atoms with Crippen LogP contribution in [0.1, 0.15) is 0 Å². The number of benzene rings is 10. The Hall–Kier alpha value is -8.25. The van der Waals surface area contributed by atoms with Gasteiger partial charge in [0.1, 0.15) is 0 Å². The van der Waals surface area contributed by atoms with E-state index < -0.39 is 0 Å². The van der Waals surface area contributed by atoms with E-state index in [4.69, 9.17) is 15.0 Å². The summed E-state index contributed by atoms with van der Waals surface area (Å²) in [4.78, 5) is 16.2. The molecule has 10 aromatic carbocycles. The van der Waals surface area contributed by atoms with E-state index in [1.165, 1.54) is 41.9 Å². The lowest BCUT2D eigenvalue weighted by Gasteiger charge is -2.17. The SMILES string of the molecule is c1ccc(-c2ccc(-c3nc(-c4ccc(-c5ccc6sc7ccccc7c6c5)cc4)nc(-c4cc5ccccc5c5ccccc45)n3)c(-n3c4ccccc4c4ccccc43)c2)cc1. The van der Waals surface area contributed by atoms with Crippen molar-refractivity contribution in [3.05, 3.63) is 218 Å². The fourth-order valence-corrected chi connectivity index (χ4v) is 10.7. The molecule has 5 heteroatoms. The highest BCUT2D eigenvalue weighted by atomic mass is 32.1. The maximum absolute atomic E-state index is 5.47. The Bertz CT molecular complexity index is 3900. The van der Waals surface area contributed by atoms with Gasteiger partial charge in [-0.25, -0.2) is 15.0 Å². The minimum atomic E-state index is 0.604. The molecule has 0 fully saturated rings. The number of thiophene rings is 1. The van der Waals surface area contributed by atoms with Crippen molar-refractivity contribution in [1.29, 1.82) is 0 Å². The standard InChI is InChI=1S/C59H36N4S/c1-2-14-37(15-3-1)41-30-32-49(54(36-41)63-52-23-11-8-20-46(52)47-21-9-12-24-53(47)63)58-60-57(61-59(62-58)51-35-42-16-4-5-17-43(42)44-18-6-7-19-45(44)51)39-28-26-38(27-29-39)40-31-33-56-50(34-40)48-22-10-13-25-55(48)64-56/h1-36H. The van der Waals surface area contributed by atoms with Crippen LogP contribution in [0.4, 0.5) is 0 Å². The Morgan fingerprint density at radius 1 is 0.297 bits per heavy atom. The van der Waals surface area contributed by atoms with Crippen LogP contribution in [0.15, 0.2) is 218 Å². The molecule has 0 bridgehead atoms. The van der Waals surface area contributed by atoms with E-state index in [1.54, 1.807) is 0 Å². The molecule has 0 saturated carbocycles. The molecular weight excluding hydrogens is 797 g/mol. The van der Waals surface area contributed by atoms with Crippen LogP contribution in [0.2, 0.25) is 0 Å². The second-order valence-electron chi connectivity index (χ2n) is 16.4. The van der Waals surface area contributed by atoms with Gasteiger partial charge in [0.25, 0.3) is 0 Å². The third-order valence-corrected chi connectivity index (χ3v) is 13.8. The van der Waals surface area contributed by atoms with Gasteiger partial charge in [-0.3, -0.25) is 0 Å². The largest absolute Gasteiger partial charge is 0.308 e. The zero-order chi connectivity index (χ0) is 42.1. The highest BCUT2D eigenvalue weighted by Gasteiger charge is 2.21. The molecule has 3 aromatic heterocycles. The summed E-state index contributed by atoms with van der Waals surface area (Å²) in [5.41, 5.74) is 10.6. The average Bonchev–Trinajstić information content (AvgIpc) is 3.91. The highest BCUT2D eigenvalue weighted by Crippen LogP contribution is 2.41. The molecule has 64 heavy (non-hydrogen) atoms. The van der Waals surface area contributed by atoms with E-state index in [9.17, 15) is 0 Å². The van der Waals surface area contributed by atoms with Crippen molar-refractivity contribution in [3.63, 3.8) is 0 Å². The predicted octanol–water partition coefficient (Wildman–Crippen LogP) is 16.0. The molecule has 13 rings (SSSR count). The number of para-hydroxylation sites is 2. The van der Waals surface area contributed by atoms with Crippen LogP contribution in [-0.4, -0.2) is 19.5 Å². The first-order valence-electron chi connectivity index (χ1n) is 21.6. The Balaban J connectivity index is 1.05. The molecule has 13 aromatic rings. The van der Waals surface area contributed by atoms with Crippen molar-refractivity contribution in [2.75, 3.05) is 0 Å². The van der Waals surface area contributed by atoms with Gasteiger partial charge < -0.3 is 4.57 Å². The van der Waals surface area contributed by atoms with Gasteiger partial charge in [0.15, 0.2) is 17.5 Å². The Kier molecular flexibility index (Phi) is 8.36. The smallest absolute Gasteiger partial charge is 0.166 e. The molecule has 0 saturated heterocycles. The summed E-state index contributed by atoms with van der Waals surface area (Å²) in [5.74, 6) is 1.84. The normalized spacial score (nSPS) is 11.8. The van der Waals surface area contributed by atoms with E-state index in [1.807, 2.05) is 11.3 Å². The van der Waals surface area contributed by atoms with Crippen molar-refractivity contribution in [2.45, 2.75) is 0 Å². The molecule has 0 atom stereocenters. The van der Waals surface area contributed by atoms with E-state index in [0.29, 0.717) is 17.5 Å². The third-order valence-electron chi connectivity index (χ3n) is 12.7. The van der Waals surface area contributed by atoms with Crippen LogP contribution in [0.5, 0.6) is 0 Å². The van der Waals surface area contributed by atoms with E-state index in [0.717, 1.165) is 66.3 Å². The quantitative estimate of drug-likeness (QED) is 0.157. The van der Waals surface area contributed by atoms with Crippen molar-refractivity contribution in [2.24, 2.45) is 0 Å². The Morgan fingerprint density at radius 3 is 1.58 bits per heavy atom. The molecule has 4 nitrogen and oxygen atoms in total. The molecule has 0 spiro atoms. The van der Waals surface area contributed by atoms with Gasteiger partial charge in [-0.15, -0.1) is 11.3 Å². The van der Waals surface area contributed by atoms with Crippen LogP contribution in [0, 0.1) is 0 Å². The van der Waals surface area contributed by atoms with E-state index >= 15 is 0 Å². The molecule has 0 aliphatic rings. The Labute approximate surface area is 373 Å². The van der Waals surface area contributed by atoms with Gasteiger partial charge in [-0.1, -0.05) is 170 Å². The number of hydrogen-bond donors (Lipinski definition) is 0. The monoisotopic (exact) mass is 832 g/mol. The topological polar surface area (TPSA) is 43.6 Å². The first-order valence-corrected chi connectivity index (χ1v) is 22.4. The second kappa shape index (κ2) is 14.7. The Morgan fingerprint density at radius 2 is 0.812 bits per heavy atom. The highest BCUT2D eigenvalue weighted by molar-refractivity contribution is 7.25. The summed E-state index contributed by atoms with van der Waals surface area (Å²) in [6, 6.07) is 78.1. The van der Waals surface area contributed by atoms with Crippen molar-refractivity contribution < 1.29 is 0 Å². The summed E-state index contributed by atoms with van der Waals surface area (Å²) < 4.78 is 4.98. The first kappa shape index (κ1) is 36.4. The molecule has 0 aliphatic carbocycles. The van der Waals surface area contributed by atoms with Crippen molar-refractivity contribution in [1.82, 2.24) is 19.5 Å². The van der Waals surface area contributed by atoms with Gasteiger partial charge in [0, 0.05) is 47.6 Å². The second-order valence-corrected chi connectivity index (χ2v) is 17.4. The third kappa shape index (κ3) is 5.93. The van der Waals surface area contributed by atoms with Gasteiger partial charge in [0.05, 0.1) is 16.7 Å². The minimum absolute atomic E-state index is 0.604. The minimum Gasteiger partial charge on any atom is -0.308 e. The van der Waals surface area contributed by atoms with Crippen molar-refractivity contribution >= 4 is 74.9 Å². The number of aromatic nitrogens is 4. The number of nitrogens with zero attached hydrogens (tertiary/aromatic N) is 4. The number of rotatable bonds is 6. The fourth-order valence-electron chi connectivity index (χ4n) is 9.60. The predicted molar refractivity (Wildman–Crippen MR) is 269 cm³/mol. The van der Waals surface area contributed by atoms with Crippen LogP contribution in [0.25, 0.3) is 126 Å². The maximum Gasteiger partial charge on any atom is 0.166 e. The van der Waals surface area contributed by atoms with Gasteiger partial charge in [-0.2, -0.15) is 0 Å². The van der Waals surface area contributed by atoms with Gasteiger partial charge in [0.2, 0.25) is 0 Å². The molecule has 0 unspecified atom stereocenters.